The molecule has 1 unspecified atom stereocenters. The highest BCUT2D eigenvalue weighted by Gasteiger charge is 2.22. The Morgan fingerprint density at radius 1 is 1.47 bits per heavy atom. The molecule has 0 bridgehead atoms. The number of benzene rings is 1. The maximum atomic E-state index is 10.8. The second-order valence-electron chi connectivity index (χ2n) is 4.05. The maximum Gasteiger partial charge on any atom is 0.305 e. The summed E-state index contributed by atoms with van der Waals surface area (Å²) in [6, 6.07) is 1.06. The van der Waals surface area contributed by atoms with Crippen molar-refractivity contribution in [1.82, 2.24) is 0 Å². The van der Waals surface area contributed by atoms with Crippen LogP contribution in [0.5, 0.6) is 11.5 Å². The molecule has 106 valence electrons. The van der Waals surface area contributed by atoms with Gasteiger partial charge in [0, 0.05) is 6.04 Å². The SMILES string of the molecule is CCc1c(C(N)CC(=O)O)cc(OC)c(OC)c1Cl. The molecule has 5 nitrogen and oxygen atoms in total. The second kappa shape index (κ2) is 6.63. The topological polar surface area (TPSA) is 81.8 Å². The number of methoxy groups -OCH3 is 2. The molecule has 0 aliphatic heterocycles. The van der Waals surface area contributed by atoms with Crippen LogP contribution in [-0.2, 0) is 11.2 Å². The molecule has 1 rings (SSSR count). The smallest absolute Gasteiger partial charge is 0.305 e. The van der Waals surface area contributed by atoms with Gasteiger partial charge in [-0.15, -0.1) is 0 Å². The van der Waals surface area contributed by atoms with Gasteiger partial charge in [0.2, 0.25) is 0 Å². The lowest BCUT2D eigenvalue weighted by molar-refractivity contribution is -0.137. The van der Waals surface area contributed by atoms with Crippen LogP contribution in [0.15, 0.2) is 6.07 Å². The maximum absolute atomic E-state index is 10.8. The van der Waals surface area contributed by atoms with Gasteiger partial charge in [-0.3, -0.25) is 4.79 Å². The van der Waals surface area contributed by atoms with Gasteiger partial charge in [-0.05, 0) is 23.6 Å². The van der Waals surface area contributed by atoms with Crippen LogP contribution in [0.25, 0.3) is 0 Å². The summed E-state index contributed by atoms with van der Waals surface area (Å²) in [6.07, 6.45) is 0.459. The van der Waals surface area contributed by atoms with Gasteiger partial charge in [0.05, 0.1) is 25.7 Å². The third kappa shape index (κ3) is 3.30. The molecule has 1 aromatic carbocycles. The van der Waals surface area contributed by atoms with Crippen LogP contribution >= 0.6 is 11.6 Å². The molecule has 0 radical (unpaired) electrons. The van der Waals surface area contributed by atoms with Crippen LogP contribution in [0, 0.1) is 0 Å². The van der Waals surface area contributed by atoms with E-state index < -0.39 is 12.0 Å². The molecule has 1 aromatic rings. The van der Waals surface area contributed by atoms with Gasteiger partial charge in [-0.1, -0.05) is 18.5 Å². The molecule has 0 saturated carbocycles. The highest BCUT2D eigenvalue weighted by molar-refractivity contribution is 6.33. The van der Waals surface area contributed by atoms with Crippen molar-refractivity contribution in [1.29, 1.82) is 0 Å². The lowest BCUT2D eigenvalue weighted by atomic mass is 9.96. The van der Waals surface area contributed by atoms with Crippen molar-refractivity contribution in [2.45, 2.75) is 25.8 Å². The second-order valence-corrected chi connectivity index (χ2v) is 4.43. The summed E-state index contributed by atoms with van der Waals surface area (Å²) in [5.74, 6) is -0.0757. The normalized spacial score (nSPS) is 12.1. The van der Waals surface area contributed by atoms with E-state index in [1.807, 2.05) is 6.92 Å². The van der Waals surface area contributed by atoms with Gasteiger partial charge in [-0.25, -0.2) is 0 Å². The number of rotatable bonds is 6. The minimum atomic E-state index is -0.958. The summed E-state index contributed by atoms with van der Waals surface area (Å²) in [5, 5.41) is 9.25. The summed E-state index contributed by atoms with van der Waals surface area (Å²) in [6.45, 7) is 1.92. The van der Waals surface area contributed by atoms with Crippen LogP contribution in [-0.4, -0.2) is 25.3 Å². The molecular formula is C13H18ClNO4. The number of aliphatic carboxylic acids is 1. The Bertz CT molecular complexity index is 476. The fraction of sp³-hybridized carbons (Fsp3) is 0.462. The third-order valence-electron chi connectivity index (χ3n) is 2.89. The first-order valence-electron chi connectivity index (χ1n) is 5.86. The Kier molecular flexibility index (Phi) is 5.44. The molecule has 6 heteroatoms. The van der Waals surface area contributed by atoms with Crippen molar-refractivity contribution < 1.29 is 19.4 Å². The molecule has 0 saturated heterocycles. The van der Waals surface area contributed by atoms with Crippen molar-refractivity contribution in [3.63, 3.8) is 0 Å². The molecule has 1 atom stereocenters. The standard InChI is InChI=1S/C13H18ClNO4/c1-4-7-8(9(15)6-11(16)17)5-10(18-2)13(19-3)12(7)14/h5,9H,4,6,15H2,1-3H3,(H,16,17). The minimum absolute atomic E-state index is 0.168. The quantitative estimate of drug-likeness (QED) is 0.839. The summed E-state index contributed by atoms with van der Waals surface area (Å²) in [4.78, 5) is 10.8. The van der Waals surface area contributed by atoms with E-state index in [4.69, 9.17) is 31.9 Å². The molecule has 19 heavy (non-hydrogen) atoms. The molecule has 0 aliphatic rings. The zero-order valence-corrected chi connectivity index (χ0v) is 12.0. The Morgan fingerprint density at radius 2 is 2.11 bits per heavy atom. The van der Waals surface area contributed by atoms with Crippen molar-refractivity contribution in [3.05, 3.63) is 22.2 Å². The predicted molar refractivity (Wildman–Crippen MR) is 73.1 cm³/mol. The number of carbonyl (C=O) groups is 1. The monoisotopic (exact) mass is 287 g/mol. The summed E-state index contributed by atoms with van der Waals surface area (Å²) >= 11 is 6.27. The molecular weight excluding hydrogens is 270 g/mol. The van der Waals surface area contributed by atoms with Crippen LogP contribution in [0.1, 0.15) is 30.5 Å². The van der Waals surface area contributed by atoms with E-state index in [1.165, 1.54) is 14.2 Å². The molecule has 0 amide bonds. The van der Waals surface area contributed by atoms with Gasteiger partial charge >= 0.3 is 5.97 Å². The lowest BCUT2D eigenvalue weighted by Gasteiger charge is -2.19. The highest BCUT2D eigenvalue weighted by atomic mass is 35.5. The summed E-state index contributed by atoms with van der Waals surface area (Å²) in [7, 11) is 2.99. The predicted octanol–water partition coefficient (Wildman–Crippen LogP) is 2.39. The Balaban J connectivity index is 3.38. The van der Waals surface area contributed by atoms with Gasteiger partial charge in [0.15, 0.2) is 11.5 Å². The summed E-state index contributed by atoms with van der Waals surface area (Å²) < 4.78 is 10.4. The summed E-state index contributed by atoms with van der Waals surface area (Å²) in [5.41, 5.74) is 7.38. The lowest BCUT2D eigenvalue weighted by Crippen LogP contribution is -2.17. The third-order valence-corrected chi connectivity index (χ3v) is 3.29. The van der Waals surface area contributed by atoms with Crippen LogP contribution in [0.3, 0.4) is 0 Å². The highest BCUT2D eigenvalue weighted by Crippen LogP contribution is 2.41. The molecule has 3 N–H and O–H groups in total. The van der Waals surface area contributed by atoms with Gasteiger partial charge in [0.25, 0.3) is 0 Å². The fourth-order valence-electron chi connectivity index (χ4n) is 2.00. The molecule has 0 heterocycles. The average molecular weight is 288 g/mol. The zero-order chi connectivity index (χ0) is 14.6. The Labute approximate surface area is 117 Å². The number of carboxylic acid groups (broad SMARTS) is 1. The molecule has 0 fully saturated rings. The van der Waals surface area contributed by atoms with Gasteiger partial charge < -0.3 is 20.3 Å². The van der Waals surface area contributed by atoms with Crippen molar-refractivity contribution >= 4 is 17.6 Å². The van der Waals surface area contributed by atoms with E-state index in [1.54, 1.807) is 6.07 Å². The van der Waals surface area contributed by atoms with E-state index >= 15 is 0 Å². The van der Waals surface area contributed by atoms with E-state index in [0.717, 1.165) is 5.56 Å². The van der Waals surface area contributed by atoms with Gasteiger partial charge in [-0.2, -0.15) is 0 Å². The van der Waals surface area contributed by atoms with E-state index in [0.29, 0.717) is 28.5 Å². The first kappa shape index (κ1) is 15.6. The average Bonchev–Trinajstić information content (AvgIpc) is 2.36. The zero-order valence-electron chi connectivity index (χ0n) is 11.2. The van der Waals surface area contributed by atoms with Crippen molar-refractivity contribution in [2.24, 2.45) is 5.73 Å². The van der Waals surface area contributed by atoms with Gasteiger partial charge in [0.1, 0.15) is 0 Å². The number of nitrogens with two attached hydrogens (primary N) is 1. The Morgan fingerprint density at radius 3 is 2.53 bits per heavy atom. The van der Waals surface area contributed by atoms with E-state index in [-0.39, 0.29) is 6.42 Å². The largest absolute Gasteiger partial charge is 0.493 e. The van der Waals surface area contributed by atoms with Crippen LogP contribution in [0.2, 0.25) is 5.02 Å². The van der Waals surface area contributed by atoms with E-state index in [2.05, 4.69) is 0 Å². The number of hydrogen-bond acceptors (Lipinski definition) is 4. The minimum Gasteiger partial charge on any atom is -0.493 e. The number of hydrogen-bond donors (Lipinski definition) is 2. The van der Waals surface area contributed by atoms with Crippen LogP contribution < -0.4 is 15.2 Å². The molecule has 0 aromatic heterocycles. The van der Waals surface area contributed by atoms with Crippen molar-refractivity contribution in [2.75, 3.05) is 14.2 Å². The van der Waals surface area contributed by atoms with E-state index in [9.17, 15) is 4.79 Å². The molecule has 0 aliphatic carbocycles. The first-order valence-corrected chi connectivity index (χ1v) is 6.24. The number of halogens is 1. The number of carboxylic acids is 1. The first-order chi connectivity index (χ1) is 8.96. The fourth-order valence-corrected chi connectivity index (χ4v) is 2.41. The van der Waals surface area contributed by atoms with Crippen molar-refractivity contribution in [3.8, 4) is 11.5 Å². The molecule has 0 spiro atoms. The number of ether oxygens (including phenoxy) is 2. The Hall–Kier alpha value is -1.46. The van der Waals surface area contributed by atoms with Crippen LogP contribution in [0.4, 0.5) is 0 Å².